The molecule has 1 aromatic rings. The fraction of sp³-hybridized carbons (Fsp3) is 0.500. The zero-order chi connectivity index (χ0) is 27.1. The molecule has 0 aromatic heterocycles. The maximum atomic E-state index is 12.6. The van der Waals surface area contributed by atoms with Crippen LogP contribution in [0.3, 0.4) is 0 Å². The molecule has 0 spiro atoms. The van der Waals surface area contributed by atoms with Gasteiger partial charge in [0.1, 0.15) is 0 Å². The highest BCUT2D eigenvalue weighted by Gasteiger charge is 2.23. The molecule has 200 valence electrons. The van der Waals surface area contributed by atoms with E-state index in [2.05, 4.69) is 58.9 Å². The number of hydrogen-bond donors (Lipinski definition) is 1. The van der Waals surface area contributed by atoms with Gasteiger partial charge in [-0.25, -0.2) is 8.42 Å². The molecule has 1 atom stereocenters. The molecule has 0 saturated heterocycles. The molecule has 1 unspecified atom stereocenters. The lowest BCUT2D eigenvalue weighted by molar-refractivity contribution is 0.292. The molecule has 0 heterocycles. The summed E-state index contributed by atoms with van der Waals surface area (Å²) in [6.07, 6.45) is 18.8. The number of aliphatic hydroxyl groups excluding tert-OH is 1. The first-order chi connectivity index (χ1) is 16.9. The Hall–Kier alpha value is -2.17. The van der Waals surface area contributed by atoms with Gasteiger partial charge in [-0.05, 0) is 118 Å². The Kier molecular flexibility index (Phi) is 14.6. The number of rotatable bonds is 15. The van der Waals surface area contributed by atoms with Crippen molar-refractivity contribution in [2.24, 2.45) is 0 Å². The van der Waals surface area contributed by atoms with Crippen LogP contribution in [0.5, 0.6) is 0 Å². The molecular weight excluding hydrogens is 464 g/mol. The first kappa shape index (κ1) is 31.9. The molecule has 36 heavy (non-hydrogen) atoms. The van der Waals surface area contributed by atoms with Gasteiger partial charge < -0.3 is 5.11 Å². The van der Waals surface area contributed by atoms with Gasteiger partial charge in [-0.3, -0.25) is 0 Å². The molecule has 0 amide bonds. The summed E-state index contributed by atoms with van der Waals surface area (Å²) in [7, 11) is -3.78. The van der Waals surface area contributed by atoms with Gasteiger partial charge in [0.2, 0.25) is 9.84 Å². The molecule has 1 aromatic carbocycles. The van der Waals surface area contributed by atoms with Gasteiger partial charge in [-0.1, -0.05) is 69.9 Å². The van der Waals surface area contributed by atoms with E-state index in [1.165, 1.54) is 28.4 Å². The van der Waals surface area contributed by atoms with Crippen LogP contribution in [0.2, 0.25) is 0 Å². The zero-order valence-electron chi connectivity index (χ0n) is 23.6. The first-order valence-electron chi connectivity index (χ1n) is 13.2. The Balaban J connectivity index is 2.42. The number of aryl methyl sites for hydroxylation is 1. The Morgan fingerprint density at radius 1 is 0.694 bits per heavy atom. The standard InChI is InChI=1S/C32H48O3S/c1-25(2)12-8-13-26(3)14-9-15-27(4)16-10-17-28(5)18-11-19-30(7)24-32(33)36(34,35)31-22-20-29(6)21-23-31/h12,14,16,18,20-24,32-33H,8-11,13,15,17,19H2,1-7H3. The molecule has 4 heteroatoms. The van der Waals surface area contributed by atoms with Gasteiger partial charge in [0.25, 0.3) is 0 Å². The van der Waals surface area contributed by atoms with E-state index in [0.29, 0.717) is 0 Å². The molecule has 0 aliphatic carbocycles. The Labute approximate surface area is 221 Å². The predicted octanol–water partition coefficient (Wildman–Crippen LogP) is 8.96. The second-order valence-corrected chi connectivity index (χ2v) is 12.4. The summed E-state index contributed by atoms with van der Waals surface area (Å²) < 4.78 is 25.2. The monoisotopic (exact) mass is 512 g/mol. The second kappa shape index (κ2) is 16.6. The lowest BCUT2D eigenvalue weighted by Gasteiger charge is -2.10. The molecule has 0 aliphatic rings. The van der Waals surface area contributed by atoms with Crippen LogP contribution >= 0.6 is 0 Å². The topological polar surface area (TPSA) is 54.4 Å². The summed E-state index contributed by atoms with van der Waals surface area (Å²) in [5.41, 5.74) is 5.99. The maximum absolute atomic E-state index is 12.6. The second-order valence-electron chi connectivity index (χ2n) is 10.3. The van der Waals surface area contributed by atoms with Crippen LogP contribution in [0.15, 0.2) is 87.4 Å². The van der Waals surface area contributed by atoms with Gasteiger partial charge in [-0.2, -0.15) is 0 Å². The van der Waals surface area contributed by atoms with Crippen molar-refractivity contribution in [2.75, 3.05) is 0 Å². The van der Waals surface area contributed by atoms with Crippen molar-refractivity contribution >= 4 is 9.84 Å². The molecule has 0 radical (unpaired) electrons. The zero-order valence-corrected chi connectivity index (χ0v) is 24.4. The van der Waals surface area contributed by atoms with Crippen molar-refractivity contribution in [2.45, 2.75) is 110 Å². The number of allylic oxidation sites excluding steroid dienone is 9. The normalized spacial score (nSPS) is 14.7. The van der Waals surface area contributed by atoms with Crippen LogP contribution in [0.4, 0.5) is 0 Å². The van der Waals surface area contributed by atoms with Gasteiger partial charge in [0.05, 0.1) is 4.90 Å². The van der Waals surface area contributed by atoms with E-state index in [0.717, 1.165) is 62.5 Å². The highest BCUT2D eigenvalue weighted by atomic mass is 32.2. The number of hydrogen-bond acceptors (Lipinski definition) is 3. The van der Waals surface area contributed by atoms with E-state index < -0.39 is 15.3 Å². The first-order valence-corrected chi connectivity index (χ1v) is 14.7. The van der Waals surface area contributed by atoms with Crippen LogP contribution in [0, 0.1) is 6.92 Å². The smallest absolute Gasteiger partial charge is 0.208 e. The van der Waals surface area contributed by atoms with Crippen molar-refractivity contribution in [3.8, 4) is 0 Å². The van der Waals surface area contributed by atoms with Gasteiger partial charge >= 0.3 is 0 Å². The summed E-state index contributed by atoms with van der Waals surface area (Å²) in [6, 6.07) is 6.58. The lowest BCUT2D eigenvalue weighted by Crippen LogP contribution is -2.19. The number of benzene rings is 1. The Morgan fingerprint density at radius 3 is 1.50 bits per heavy atom. The fourth-order valence-electron chi connectivity index (χ4n) is 3.82. The van der Waals surface area contributed by atoms with E-state index in [9.17, 15) is 13.5 Å². The molecule has 0 bridgehead atoms. The number of sulfone groups is 1. The minimum Gasteiger partial charge on any atom is -0.373 e. The summed E-state index contributed by atoms with van der Waals surface area (Å²) >= 11 is 0. The molecule has 0 saturated carbocycles. The van der Waals surface area contributed by atoms with Crippen LogP contribution in [-0.4, -0.2) is 19.0 Å². The summed E-state index contributed by atoms with van der Waals surface area (Å²) in [5, 5.41) is 10.3. The van der Waals surface area contributed by atoms with Crippen molar-refractivity contribution in [3.63, 3.8) is 0 Å². The fourth-order valence-corrected chi connectivity index (χ4v) is 5.02. The Bertz CT molecular complexity index is 1060. The molecule has 1 N–H and O–H groups in total. The van der Waals surface area contributed by atoms with E-state index >= 15 is 0 Å². The average molecular weight is 513 g/mol. The molecule has 0 fully saturated rings. The van der Waals surface area contributed by atoms with Crippen molar-refractivity contribution in [1.29, 1.82) is 0 Å². The predicted molar refractivity (Wildman–Crippen MR) is 156 cm³/mol. The summed E-state index contributed by atoms with van der Waals surface area (Å²) in [5.74, 6) is 0. The molecule has 3 nitrogen and oxygen atoms in total. The third-order valence-corrected chi connectivity index (χ3v) is 7.98. The largest absolute Gasteiger partial charge is 0.373 e. The van der Waals surface area contributed by atoms with E-state index in [4.69, 9.17) is 0 Å². The quantitative estimate of drug-likeness (QED) is 0.239. The van der Waals surface area contributed by atoms with Crippen LogP contribution in [-0.2, 0) is 9.84 Å². The highest BCUT2D eigenvalue weighted by Crippen LogP contribution is 2.19. The van der Waals surface area contributed by atoms with E-state index in [1.54, 1.807) is 24.3 Å². The van der Waals surface area contributed by atoms with E-state index in [-0.39, 0.29) is 4.90 Å². The summed E-state index contributed by atoms with van der Waals surface area (Å²) in [6.45, 7) is 14.7. The molecule has 0 aliphatic heterocycles. The maximum Gasteiger partial charge on any atom is 0.208 e. The molecular formula is C32H48O3S. The molecule has 1 rings (SSSR count). The van der Waals surface area contributed by atoms with Crippen LogP contribution in [0.25, 0.3) is 0 Å². The Morgan fingerprint density at radius 2 is 1.08 bits per heavy atom. The minimum atomic E-state index is -3.78. The average Bonchev–Trinajstić information content (AvgIpc) is 2.79. The van der Waals surface area contributed by atoms with Crippen molar-refractivity contribution in [1.82, 2.24) is 0 Å². The lowest BCUT2D eigenvalue weighted by atomic mass is 10.0. The SMILES string of the molecule is CC(C)=CCCC(C)=CCCC(C)=CCCC(C)=CCCC(C)=CC(O)S(=O)(=O)c1ccc(C)cc1. The third kappa shape index (κ3) is 13.2. The minimum absolute atomic E-state index is 0.148. The van der Waals surface area contributed by atoms with Gasteiger partial charge in [0.15, 0.2) is 5.44 Å². The van der Waals surface area contributed by atoms with E-state index in [1.807, 2.05) is 13.8 Å². The summed E-state index contributed by atoms with van der Waals surface area (Å²) in [4.78, 5) is 0.148. The van der Waals surface area contributed by atoms with Crippen molar-refractivity contribution in [3.05, 3.63) is 88.1 Å². The van der Waals surface area contributed by atoms with Gasteiger partial charge in [0, 0.05) is 0 Å². The highest BCUT2D eigenvalue weighted by molar-refractivity contribution is 7.92. The van der Waals surface area contributed by atoms with Crippen molar-refractivity contribution < 1.29 is 13.5 Å². The van der Waals surface area contributed by atoms with Crippen LogP contribution in [0.1, 0.15) is 98.5 Å². The van der Waals surface area contributed by atoms with Gasteiger partial charge in [-0.15, -0.1) is 0 Å². The third-order valence-electron chi connectivity index (χ3n) is 6.28. The van der Waals surface area contributed by atoms with Crippen LogP contribution < -0.4 is 0 Å². The number of aliphatic hydroxyl groups is 1.